The molecule has 13 heteroatoms. The topological polar surface area (TPSA) is 134 Å². The summed E-state index contributed by atoms with van der Waals surface area (Å²) < 4.78 is 15.3. The Hall–Kier alpha value is -3.83. The first-order valence-electron chi connectivity index (χ1n) is 10.6. The normalized spacial score (nSPS) is 10.7. The van der Waals surface area contributed by atoms with Gasteiger partial charge in [-0.2, -0.15) is 4.68 Å². The first-order chi connectivity index (χ1) is 17.0. The van der Waals surface area contributed by atoms with Crippen LogP contribution in [-0.4, -0.2) is 26.4 Å². The van der Waals surface area contributed by atoms with Crippen LogP contribution in [0.15, 0.2) is 52.1 Å². The second kappa shape index (κ2) is 11.7. The minimum Gasteiger partial charge on any atom is -0.465 e. The zero-order valence-electron chi connectivity index (χ0n) is 19.0. The number of aromatic nitrogens is 2. The van der Waals surface area contributed by atoms with Gasteiger partial charge in [-0.25, -0.2) is 14.0 Å². The highest BCUT2D eigenvalue weighted by atomic mass is 35.5. The molecule has 2 amide bonds. The summed E-state index contributed by atoms with van der Waals surface area (Å²) in [6.45, 7) is 1.05. The summed E-state index contributed by atoms with van der Waals surface area (Å²) in [6, 6.07) is 9.74. The molecule has 1 aromatic heterocycles. The highest BCUT2D eigenvalue weighted by molar-refractivity contribution is 6.31. The average molecular weight is 538 g/mol. The molecule has 0 saturated carbocycles. The van der Waals surface area contributed by atoms with Gasteiger partial charge in [0.1, 0.15) is 12.4 Å². The predicted molar refractivity (Wildman–Crippen MR) is 132 cm³/mol. The van der Waals surface area contributed by atoms with E-state index in [0.29, 0.717) is 26.4 Å². The van der Waals surface area contributed by atoms with Crippen molar-refractivity contribution in [2.75, 3.05) is 5.43 Å². The van der Waals surface area contributed by atoms with E-state index in [-0.39, 0.29) is 30.4 Å². The number of halogens is 3. The largest absolute Gasteiger partial charge is 0.465 e. The van der Waals surface area contributed by atoms with Crippen molar-refractivity contribution in [3.8, 4) is 0 Å². The van der Waals surface area contributed by atoms with Crippen molar-refractivity contribution in [2.45, 2.75) is 33.1 Å². The second-order valence-corrected chi connectivity index (χ2v) is 8.59. The lowest BCUT2D eigenvalue weighted by Gasteiger charge is -2.15. The van der Waals surface area contributed by atoms with Crippen LogP contribution < -0.4 is 27.3 Å². The minimum absolute atomic E-state index is 0.0161. The summed E-state index contributed by atoms with van der Waals surface area (Å²) in [6.07, 6.45) is -1.20. The molecule has 0 spiro atoms. The second-order valence-electron chi connectivity index (χ2n) is 7.75. The van der Waals surface area contributed by atoms with Gasteiger partial charge in [-0.3, -0.25) is 14.2 Å². The van der Waals surface area contributed by atoms with Gasteiger partial charge in [0.05, 0.1) is 6.54 Å². The van der Waals surface area contributed by atoms with Crippen molar-refractivity contribution in [1.82, 2.24) is 19.9 Å². The fraction of sp³-hybridized carbons (Fsp3) is 0.217. The van der Waals surface area contributed by atoms with E-state index in [1.165, 1.54) is 31.2 Å². The molecule has 0 unspecified atom stereocenters. The van der Waals surface area contributed by atoms with Crippen molar-refractivity contribution < 1.29 is 19.1 Å². The Morgan fingerprint density at radius 3 is 2.39 bits per heavy atom. The quantitative estimate of drug-likeness (QED) is 0.331. The van der Waals surface area contributed by atoms with Crippen LogP contribution in [0.1, 0.15) is 22.4 Å². The Kier molecular flexibility index (Phi) is 8.73. The number of carbonyl (C=O) groups is 2. The molecule has 190 valence electrons. The first-order valence-corrected chi connectivity index (χ1v) is 11.3. The number of hydrogen-bond donors (Lipinski definition) is 4. The van der Waals surface area contributed by atoms with Crippen molar-refractivity contribution in [3.05, 3.63) is 102 Å². The molecule has 0 bridgehead atoms. The summed E-state index contributed by atoms with van der Waals surface area (Å²) in [4.78, 5) is 48.7. The standard InChI is InChI=1S/C23H22Cl2FN5O5/c1-13-6-21(33)31(29-11-16-8-18(26)4-5-19(16)25)23(36)30(13)12-20(32)27-10-15-7-17(24)3-2-14(15)9-28-22(34)35/h2-8,28-29H,9-12H2,1H3,(H,27,32)(H,34,35). The lowest BCUT2D eigenvalue weighted by molar-refractivity contribution is -0.121. The van der Waals surface area contributed by atoms with Crippen LogP contribution in [0, 0.1) is 12.7 Å². The molecule has 2 aromatic carbocycles. The zero-order valence-corrected chi connectivity index (χ0v) is 20.5. The van der Waals surface area contributed by atoms with E-state index < -0.39 is 35.6 Å². The predicted octanol–water partition coefficient (Wildman–Crippen LogP) is 2.59. The molecule has 0 aliphatic heterocycles. The molecule has 0 saturated heterocycles. The molecule has 1 heterocycles. The Bertz CT molecular complexity index is 1420. The van der Waals surface area contributed by atoms with Crippen LogP contribution in [0.3, 0.4) is 0 Å². The van der Waals surface area contributed by atoms with Gasteiger partial charge in [-0.1, -0.05) is 29.3 Å². The van der Waals surface area contributed by atoms with Gasteiger partial charge in [-0.15, -0.1) is 0 Å². The summed E-state index contributed by atoms with van der Waals surface area (Å²) in [5, 5.41) is 14.4. The number of aryl methyl sites for hydroxylation is 1. The third-order valence-corrected chi connectivity index (χ3v) is 5.82. The molecule has 0 fully saturated rings. The zero-order chi connectivity index (χ0) is 26.4. The molecule has 0 aliphatic carbocycles. The van der Waals surface area contributed by atoms with Crippen LogP contribution in [0.2, 0.25) is 10.0 Å². The van der Waals surface area contributed by atoms with Crippen molar-refractivity contribution in [1.29, 1.82) is 0 Å². The van der Waals surface area contributed by atoms with Gasteiger partial charge in [0.25, 0.3) is 5.56 Å². The summed E-state index contributed by atoms with van der Waals surface area (Å²) >= 11 is 12.1. The molecule has 0 aliphatic rings. The number of carboxylic acid groups (broad SMARTS) is 1. The highest BCUT2D eigenvalue weighted by Gasteiger charge is 2.14. The maximum atomic E-state index is 13.5. The number of carbonyl (C=O) groups excluding carboxylic acids is 1. The van der Waals surface area contributed by atoms with E-state index in [2.05, 4.69) is 16.1 Å². The molecule has 36 heavy (non-hydrogen) atoms. The van der Waals surface area contributed by atoms with Gasteiger partial charge in [0.15, 0.2) is 0 Å². The highest BCUT2D eigenvalue weighted by Crippen LogP contribution is 2.17. The average Bonchev–Trinajstić information content (AvgIpc) is 2.81. The maximum Gasteiger partial charge on any atom is 0.404 e. The lowest BCUT2D eigenvalue weighted by atomic mass is 10.1. The number of amides is 2. The molecule has 10 nitrogen and oxygen atoms in total. The molecule has 4 N–H and O–H groups in total. The van der Waals surface area contributed by atoms with Crippen molar-refractivity contribution in [3.63, 3.8) is 0 Å². The Labute approximate surface area is 214 Å². The van der Waals surface area contributed by atoms with Crippen LogP contribution in [0.25, 0.3) is 0 Å². The molecular formula is C23H22Cl2FN5O5. The van der Waals surface area contributed by atoms with Gasteiger partial charge in [-0.05, 0) is 53.9 Å². The smallest absolute Gasteiger partial charge is 0.404 e. The summed E-state index contributed by atoms with van der Waals surface area (Å²) in [5.74, 6) is -1.06. The van der Waals surface area contributed by atoms with Crippen molar-refractivity contribution in [2.24, 2.45) is 0 Å². The summed E-state index contributed by atoms with van der Waals surface area (Å²) in [7, 11) is 0. The van der Waals surface area contributed by atoms with Gasteiger partial charge < -0.3 is 21.2 Å². The SMILES string of the molecule is Cc1cc(=O)n(NCc2cc(F)ccc2Cl)c(=O)n1CC(=O)NCc1cc(Cl)ccc1CNC(=O)O. The van der Waals surface area contributed by atoms with Gasteiger partial charge >= 0.3 is 11.8 Å². The fourth-order valence-corrected chi connectivity index (χ4v) is 3.74. The van der Waals surface area contributed by atoms with E-state index in [9.17, 15) is 23.6 Å². The molecule has 0 atom stereocenters. The van der Waals surface area contributed by atoms with E-state index >= 15 is 0 Å². The minimum atomic E-state index is -1.20. The van der Waals surface area contributed by atoms with Gasteiger partial charge in [0.2, 0.25) is 5.91 Å². The monoisotopic (exact) mass is 537 g/mol. The Balaban J connectivity index is 1.74. The Morgan fingerprint density at radius 2 is 1.67 bits per heavy atom. The van der Waals surface area contributed by atoms with Crippen LogP contribution in [-0.2, 0) is 31.0 Å². The van der Waals surface area contributed by atoms with Crippen LogP contribution >= 0.6 is 23.2 Å². The third kappa shape index (κ3) is 6.86. The molecule has 0 radical (unpaired) electrons. The molecular weight excluding hydrogens is 516 g/mol. The van der Waals surface area contributed by atoms with E-state index in [1.54, 1.807) is 18.2 Å². The number of benzene rings is 2. The number of hydrogen-bond acceptors (Lipinski definition) is 5. The molecule has 3 rings (SSSR count). The van der Waals surface area contributed by atoms with E-state index in [1.807, 2.05) is 0 Å². The van der Waals surface area contributed by atoms with Crippen LogP contribution in [0.5, 0.6) is 0 Å². The molecule has 3 aromatic rings. The van der Waals surface area contributed by atoms with E-state index in [4.69, 9.17) is 28.3 Å². The lowest BCUT2D eigenvalue weighted by Crippen LogP contribution is -2.46. The summed E-state index contributed by atoms with van der Waals surface area (Å²) in [5.41, 5.74) is 2.97. The first kappa shape index (κ1) is 26.8. The fourth-order valence-electron chi connectivity index (χ4n) is 3.36. The Morgan fingerprint density at radius 1 is 0.944 bits per heavy atom. The number of rotatable bonds is 9. The number of nitrogens with zero attached hydrogens (tertiary/aromatic N) is 2. The van der Waals surface area contributed by atoms with Gasteiger partial charge in [0, 0.05) is 34.9 Å². The van der Waals surface area contributed by atoms with E-state index in [0.717, 1.165) is 4.57 Å². The maximum absolute atomic E-state index is 13.5. The van der Waals surface area contributed by atoms with Crippen molar-refractivity contribution >= 4 is 35.2 Å². The number of nitrogens with one attached hydrogen (secondary N) is 3. The third-order valence-electron chi connectivity index (χ3n) is 5.21. The van der Waals surface area contributed by atoms with Crippen LogP contribution in [0.4, 0.5) is 9.18 Å².